The maximum absolute atomic E-state index is 13.6. The number of benzene rings is 2. The van der Waals surface area contributed by atoms with Crippen LogP contribution in [0, 0.1) is 6.92 Å². The second kappa shape index (κ2) is 12.5. The van der Waals surface area contributed by atoms with Crippen molar-refractivity contribution in [3.8, 4) is 0 Å². The molecular weight excluding hydrogens is 456 g/mol. The fraction of sp³-hybridized carbons (Fsp3) is 0.310. The summed E-state index contributed by atoms with van der Waals surface area (Å²) in [5, 5.41) is 0. The molecule has 5 nitrogen and oxygen atoms in total. The minimum atomic E-state index is -0.177. The zero-order valence-electron chi connectivity index (χ0n) is 20.1. The average molecular weight is 489 g/mol. The van der Waals surface area contributed by atoms with Crippen LogP contribution in [0.4, 0.5) is 0 Å². The molecular formula is C29H32N2O3S. The summed E-state index contributed by atoms with van der Waals surface area (Å²) in [5.74, 6) is -0.247. The SMILES string of the molecule is Cc1ccc(CN(Cc2ccccc2)C(=O)CN(CC2CCCO2)C(=O)C=Cc2ccccc2)s1. The summed E-state index contributed by atoms with van der Waals surface area (Å²) in [4.78, 5) is 32.6. The van der Waals surface area contributed by atoms with E-state index >= 15 is 0 Å². The Balaban J connectivity index is 1.51. The summed E-state index contributed by atoms with van der Waals surface area (Å²) >= 11 is 1.70. The van der Waals surface area contributed by atoms with Gasteiger partial charge in [0, 0.05) is 35.5 Å². The van der Waals surface area contributed by atoms with Crippen LogP contribution in [-0.4, -0.2) is 47.4 Å². The summed E-state index contributed by atoms with van der Waals surface area (Å²) < 4.78 is 5.79. The van der Waals surface area contributed by atoms with E-state index in [1.54, 1.807) is 28.4 Å². The summed E-state index contributed by atoms with van der Waals surface area (Å²) in [6, 6.07) is 23.8. The van der Waals surface area contributed by atoms with Crippen molar-refractivity contribution >= 4 is 29.2 Å². The molecule has 1 aliphatic rings. The Bertz CT molecular complexity index is 1120. The van der Waals surface area contributed by atoms with E-state index < -0.39 is 0 Å². The summed E-state index contributed by atoms with van der Waals surface area (Å²) in [6.45, 7) is 4.24. The highest BCUT2D eigenvalue weighted by Crippen LogP contribution is 2.20. The molecule has 1 unspecified atom stereocenters. The molecule has 6 heteroatoms. The third-order valence-corrected chi connectivity index (χ3v) is 7.00. The Labute approximate surface area is 211 Å². The number of amides is 2. The lowest BCUT2D eigenvalue weighted by Crippen LogP contribution is -2.44. The molecule has 1 atom stereocenters. The number of carbonyl (C=O) groups is 2. The van der Waals surface area contributed by atoms with Crippen LogP contribution in [0.1, 0.15) is 33.7 Å². The van der Waals surface area contributed by atoms with Crippen LogP contribution in [-0.2, 0) is 27.4 Å². The molecule has 2 amide bonds. The number of hydrogen-bond acceptors (Lipinski definition) is 4. The highest BCUT2D eigenvalue weighted by atomic mass is 32.1. The third-order valence-electron chi connectivity index (χ3n) is 6.02. The van der Waals surface area contributed by atoms with Crippen LogP contribution in [0.3, 0.4) is 0 Å². The van der Waals surface area contributed by atoms with Gasteiger partial charge in [0.1, 0.15) is 6.54 Å². The molecule has 182 valence electrons. The number of rotatable bonds is 10. The first-order valence-electron chi connectivity index (χ1n) is 12.1. The van der Waals surface area contributed by atoms with E-state index in [1.807, 2.05) is 65.6 Å². The van der Waals surface area contributed by atoms with Crippen LogP contribution in [0.15, 0.2) is 78.9 Å². The zero-order valence-corrected chi connectivity index (χ0v) is 21.0. The number of ether oxygens (including phenoxy) is 1. The van der Waals surface area contributed by atoms with Crippen LogP contribution in [0.5, 0.6) is 0 Å². The lowest BCUT2D eigenvalue weighted by Gasteiger charge is -2.28. The molecule has 1 aromatic heterocycles. The van der Waals surface area contributed by atoms with Gasteiger partial charge in [-0.1, -0.05) is 60.7 Å². The Morgan fingerprint density at radius 2 is 1.71 bits per heavy atom. The summed E-state index contributed by atoms with van der Waals surface area (Å²) in [6.07, 6.45) is 5.22. The first kappa shape index (κ1) is 24.9. The van der Waals surface area contributed by atoms with Crippen molar-refractivity contribution in [2.24, 2.45) is 0 Å². The molecule has 0 saturated carbocycles. The average Bonchev–Trinajstić information content (AvgIpc) is 3.54. The lowest BCUT2D eigenvalue weighted by molar-refractivity contribution is -0.140. The highest BCUT2D eigenvalue weighted by Gasteiger charge is 2.25. The summed E-state index contributed by atoms with van der Waals surface area (Å²) in [5.41, 5.74) is 2.01. The van der Waals surface area contributed by atoms with Gasteiger partial charge in [0.05, 0.1) is 12.6 Å². The van der Waals surface area contributed by atoms with Crippen molar-refractivity contribution in [3.05, 3.63) is 99.8 Å². The number of aryl methyl sites for hydroxylation is 1. The molecule has 0 aliphatic carbocycles. The smallest absolute Gasteiger partial charge is 0.247 e. The number of thiophene rings is 1. The van der Waals surface area contributed by atoms with Crippen LogP contribution < -0.4 is 0 Å². The van der Waals surface area contributed by atoms with Crippen molar-refractivity contribution in [2.45, 2.75) is 39.0 Å². The maximum Gasteiger partial charge on any atom is 0.247 e. The van der Waals surface area contributed by atoms with Gasteiger partial charge in [0.15, 0.2) is 0 Å². The number of hydrogen-bond donors (Lipinski definition) is 0. The van der Waals surface area contributed by atoms with E-state index in [9.17, 15) is 9.59 Å². The monoisotopic (exact) mass is 488 g/mol. The fourth-order valence-electron chi connectivity index (χ4n) is 4.16. The lowest BCUT2D eigenvalue weighted by atomic mass is 10.2. The van der Waals surface area contributed by atoms with Crippen LogP contribution in [0.2, 0.25) is 0 Å². The molecule has 0 radical (unpaired) electrons. The highest BCUT2D eigenvalue weighted by molar-refractivity contribution is 7.11. The van der Waals surface area contributed by atoms with Gasteiger partial charge in [0.25, 0.3) is 0 Å². The molecule has 1 saturated heterocycles. The van der Waals surface area contributed by atoms with E-state index in [0.717, 1.165) is 28.8 Å². The Kier molecular flexibility index (Phi) is 8.87. The number of carbonyl (C=O) groups excluding carboxylic acids is 2. The minimum absolute atomic E-state index is 0.0228. The standard InChI is InChI=1S/C29H32N2O3S/c1-23-14-16-27(35-23)21-30(19-25-11-6-3-7-12-25)29(33)22-31(20-26-13-8-18-34-26)28(32)17-15-24-9-4-2-5-10-24/h2-7,9-12,14-17,26H,8,13,18-22H2,1H3. The Hall–Kier alpha value is -3.22. The first-order chi connectivity index (χ1) is 17.1. The van der Waals surface area contributed by atoms with Gasteiger partial charge >= 0.3 is 0 Å². The first-order valence-corrected chi connectivity index (χ1v) is 12.9. The van der Waals surface area contributed by atoms with Crippen molar-refractivity contribution in [1.29, 1.82) is 0 Å². The molecule has 4 rings (SSSR count). The molecule has 1 aliphatic heterocycles. The van der Waals surface area contributed by atoms with E-state index in [1.165, 1.54) is 4.88 Å². The van der Waals surface area contributed by atoms with Gasteiger partial charge in [-0.15, -0.1) is 11.3 Å². The van der Waals surface area contributed by atoms with Gasteiger partial charge in [-0.05, 0) is 49.1 Å². The fourth-order valence-corrected chi connectivity index (χ4v) is 5.07. The molecule has 0 bridgehead atoms. The Morgan fingerprint density at radius 3 is 2.37 bits per heavy atom. The summed E-state index contributed by atoms with van der Waals surface area (Å²) in [7, 11) is 0. The molecule has 35 heavy (non-hydrogen) atoms. The van der Waals surface area contributed by atoms with Crippen molar-refractivity contribution in [3.63, 3.8) is 0 Å². The third kappa shape index (κ3) is 7.64. The molecule has 3 aromatic rings. The minimum Gasteiger partial charge on any atom is -0.376 e. The van der Waals surface area contributed by atoms with Gasteiger partial charge in [0.2, 0.25) is 11.8 Å². The predicted molar refractivity (Wildman–Crippen MR) is 141 cm³/mol. The van der Waals surface area contributed by atoms with E-state index in [0.29, 0.717) is 26.2 Å². The topological polar surface area (TPSA) is 49.9 Å². The van der Waals surface area contributed by atoms with Crippen molar-refractivity contribution in [2.75, 3.05) is 19.7 Å². The predicted octanol–water partition coefficient (Wildman–Crippen LogP) is 5.31. The molecule has 1 fully saturated rings. The van der Waals surface area contributed by atoms with E-state index in [-0.39, 0.29) is 24.5 Å². The molecule has 2 aromatic carbocycles. The van der Waals surface area contributed by atoms with Crippen molar-refractivity contribution in [1.82, 2.24) is 9.80 Å². The normalized spacial score (nSPS) is 15.4. The van der Waals surface area contributed by atoms with Gasteiger partial charge < -0.3 is 14.5 Å². The van der Waals surface area contributed by atoms with Crippen LogP contribution >= 0.6 is 11.3 Å². The van der Waals surface area contributed by atoms with E-state index in [4.69, 9.17) is 4.74 Å². The van der Waals surface area contributed by atoms with Crippen LogP contribution in [0.25, 0.3) is 6.08 Å². The maximum atomic E-state index is 13.6. The second-order valence-corrected chi connectivity index (χ2v) is 10.2. The van der Waals surface area contributed by atoms with Gasteiger partial charge in [-0.2, -0.15) is 0 Å². The second-order valence-electron chi connectivity index (χ2n) is 8.85. The van der Waals surface area contributed by atoms with E-state index in [2.05, 4.69) is 19.1 Å². The molecule has 0 spiro atoms. The molecule has 2 heterocycles. The van der Waals surface area contributed by atoms with Crippen molar-refractivity contribution < 1.29 is 14.3 Å². The van der Waals surface area contributed by atoms with Gasteiger partial charge in [-0.25, -0.2) is 0 Å². The zero-order chi connectivity index (χ0) is 24.5. The quantitative estimate of drug-likeness (QED) is 0.364. The Morgan fingerprint density at radius 1 is 0.971 bits per heavy atom. The number of nitrogens with zero attached hydrogens (tertiary/aromatic N) is 2. The molecule has 0 N–H and O–H groups in total. The van der Waals surface area contributed by atoms with Gasteiger partial charge in [-0.3, -0.25) is 9.59 Å². The largest absolute Gasteiger partial charge is 0.376 e.